The van der Waals surface area contributed by atoms with Gasteiger partial charge in [0.25, 0.3) is 5.91 Å². The number of amides is 1. The van der Waals surface area contributed by atoms with Crippen LogP contribution in [0, 0.1) is 0 Å². The van der Waals surface area contributed by atoms with Crippen LogP contribution in [0.1, 0.15) is 36.5 Å². The minimum absolute atomic E-state index is 0.0799. The van der Waals surface area contributed by atoms with Crippen LogP contribution in [0.4, 0.5) is 0 Å². The number of hydrogen-bond acceptors (Lipinski definition) is 3. The van der Waals surface area contributed by atoms with E-state index in [1.807, 2.05) is 23.1 Å². The summed E-state index contributed by atoms with van der Waals surface area (Å²) in [5.41, 5.74) is 0.674. The maximum absolute atomic E-state index is 12.9. The number of rotatable bonds is 5. The second-order valence-corrected chi connectivity index (χ2v) is 6.20. The Balaban J connectivity index is 2.24. The van der Waals surface area contributed by atoms with Gasteiger partial charge in [-0.3, -0.25) is 4.79 Å². The van der Waals surface area contributed by atoms with Gasteiger partial charge in [0, 0.05) is 23.6 Å². The van der Waals surface area contributed by atoms with Crippen LogP contribution in [0.2, 0.25) is 0 Å². The molecule has 0 radical (unpaired) electrons. The molecule has 0 aromatic heterocycles. The van der Waals surface area contributed by atoms with Gasteiger partial charge in [0.1, 0.15) is 5.75 Å². The molecule has 4 nitrogen and oxygen atoms in total. The first kappa shape index (κ1) is 16.3. The summed E-state index contributed by atoms with van der Waals surface area (Å²) in [6.45, 7) is 4.83. The summed E-state index contributed by atoms with van der Waals surface area (Å²) >= 11 is 3.48. The van der Waals surface area contributed by atoms with Crippen molar-refractivity contribution in [3.05, 3.63) is 28.2 Å². The predicted molar refractivity (Wildman–Crippen MR) is 87.9 cm³/mol. The van der Waals surface area contributed by atoms with Crippen molar-refractivity contribution < 1.29 is 9.53 Å². The third-order valence-corrected chi connectivity index (χ3v) is 4.53. The zero-order valence-corrected chi connectivity index (χ0v) is 14.3. The van der Waals surface area contributed by atoms with Gasteiger partial charge in [0.05, 0.1) is 12.7 Å². The molecule has 116 valence electrons. The highest BCUT2D eigenvalue weighted by atomic mass is 79.9. The molecule has 1 N–H and O–H groups in total. The van der Waals surface area contributed by atoms with E-state index in [2.05, 4.69) is 28.2 Å². The Hall–Kier alpha value is -1.07. The number of ether oxygens (including phenoxy) is 1. The SMILES string of the molecule is CCCN(C(=O)c1cc(OC)ccc1Br)C1CCCNC1. The number of benzene rings is 1. The number of piperidine rings is 1. The molecule has 1 amide bonds. The summed E-state index contributed by atoms with van der Waals surface area (Å²) in [5.74, 6) is 0.788. The predicted octanol–water partition coefficient (Wildman–Crippen LogP) is 3.06. The van der Waals surface area contributed by atoms with Gasteiger partial charge >= 0.3 is 0 Å². The van der Waals surface area contributed by atoms with Crippen molar-refractivity contribution in [3.8, 4) is 5.75 Å². The molecule has 1 unspecified atom stereocenters. The molecule has 1 saturated heterocycles. The van der Waals surface area contributed by atoms with E-state index in [1.54, 1.807) is 7.11 Å². The molecule has 21 heavy (non-hydrogen) atoms. The van der Waals surface area contributed by atoms with Crippen molar-refractivity contribution in [3.63, 3.8) is 0 Å². The molecule has 1 aliphatic rings. The lowest BCUT2D eigenvalue weighted by molar-refractivity contribution is 0.0647. The summed E-state index contributed by atoms with van der Waals surface area (Å²) in [4.78, 5) is 14.9. The Kier molecular flexibility index (Phi) is 6.06. The number of hydrogen-bond donors (Lipinski definition) is 1. The molecular weight excluding hydrogens is 332 g/mol. The summed E-state index contributed by atoms with van der Waals surface area (Å²) in [7, 11) is 1.62. The molecule has 0 bridgehead atoms. The molecule has 0 spiro atoms. The minimum atomic E-state index is 0.0799. The van der Waals surface area contributed by atoms with Crippen LogP contribution in [0.15, 0.2) is 22.7 Å². The molecule has 0 saturated carbocycles. The molecule has 1 aromatic rings. The highest BCUT2D eigenvalue weighted by Crippen LogP contribution is 2.25. The van der Waals surface area contributed by atoms with E-state index < -0.39 is 0 Å². The largest absolute Gasteiger partial charge is 0.497 e. The fraction of sp³-hybridized carbons (Fsp3) is 0.562. The van der Waals surface area contributed by atoms with Crippen LogP contribution in [0.3, 0.4) is 0 Å². The quantitative estimate of drug-likeness (QED) is 0.883. The van der Waals surface area contributed by atoms with E-state index in [0.717, 1.165) is 43.4 Å². The maximum atomic E-state index is 12.9. The third kappa shape index (κ3) is 3.98. The van der Waals surface area contributed by atoms with Crippen molar-refractivity contribution in [2.75, 3.05) is 26.7 Å². The summed E-state index contributed by atoms with van der Waals surface area (Å²) in [6, 6.07) is 5.82. The average molecular weight is 355 g/mol. The van der Waals surface area contributed by atoms with Crippen molar-refractivity contribution in [1.82, 2.24) is 10.2 Å². The van der Waals surface area contributed by atoms with Crippen molar-refractivity contribution >= 4 is 21.8 Å². The van der Waals surface area contributed by atoms with Crippen molar-refractivity contribution in [2.24, 2.45) is 0 Å². The minimum Gasteiger partial charge on any atom is -0.497 e. The lowest BCUT2D eigenvalue weighted by Gasteiger charge is -2.35. The van der Waals surface area contributed by atoms with Gasteiger partial charge in [-0.25, -0.2) is 0 Å². The van der Waals surface area contributed by atoms with Gasteiger partial charge in [-0.05, 0) is 59.9 Å². The molecule has 1 fully saturated rings. The fourth-order valence-corrected chi connectivity index (χ4v) is 3.16. The second kappa shape index (κ2) is 7.80. The number of nitrogens with one attached hydrogen (secondary N) is 1. The van der Waals surface area contributed by atoms with Crippen LogP contribution >= 0.6 is 15.9 Å². The van der Waals surface area contributed by atoms with Crippen molar-refractivity contribution in [2.45, 2.75) is 32.2 Å². The standard InChI is InChI=1S/C16H23BrN2O2/c1-3-9-19(12-5-4-8-18-11-12)16(20)14-10-13(21-2)6-7-15(14)17/h6-7,10,12,18H,3-5,8-9,11H2,1-2H3. The van der Waals surface area contributed by atoms with Crippen LogP contribution in [-0.2, 0) is 0 Å². The van der Waals surface area contributed by atoms with Gasteiger partial charge < -0.3 is 15.0 Å². The average Bonchev–Trinajstić information content (AvgIpc) is 2.53. The molecule has 5 heteroatoms. The number of methoxy groups -OCH3 is 1. The smallest absolute Gasteiger partial charge is 0.255 e. The number of nitrogens with zero attached hydrogens (tertiary/aromatic N) is 1. The van der Waals surface area contributed by atoms with Gasteiger partial charge in [0.15, 0.2) is 0 Å². The lowest BCUT2D eigenvalue weighted by Crippen LogP contribution is -2.49. The van der Waals surface area contributed by atoms with Crippen molar-refractivity contribution in [1.29, 1.82) is 0 Å². The maximum Gasteiger partial charge on any atom is 0.255 e. The van der Waals surface area contributed by atoms with Crippen LogP contribution in [0.25, 0.3) is 0 Å². The zero-order valence-electron chi connectivity index (χ0n) is 12.7. The van der Waals surface area contributed by atoms with Gasteiger partial charge in [-0.1, -0.05) is 6.92 Å². The van der Waals surface area contributed by atoms with Crippen LogP contribution in [0.5, 0.6) is 5.75 Å². The fourth-order valence-electron chi connectivity index (χ4n) is 2.74. The topological polar surface area (TPSA) is 41.6 Å². The highest BCUT2D eigenvalue weighted by Gasteiger charge is 2.26. The monoisotopic (exact) mass is 354 g/mol. The zero-order chi connectivity index (χ0) is 15.2. The van der Waals surface area contributed by atoms with E-state index in [-0.39, 0.29) is 11.9 Å². The first-order valence-electron chi connectivity index (χ1n) is 7.52. The van der Waals surface area contributed by atoms with Gasteiger partial charge in [-0.2, -0.15) is 0 Å². The summed E-state index contributed by atoms with van der Waals surface area (Å²) in [5, 5.41) is 3.39. The Morgan fingerprint density at radius 1 is 1.52 bits per heavy atom. The van der Waals surface area contributed by atoms with E-state index >= 15 is 0 Å². The normalized spacial score (nSPS) is 18.3. The van der Waals surface area contributed by atoms with Crippen LogP contribution in [-0.4, -0.2) is 43.6 Å². The van der Waals surface area contributed by atoms with Gasteiger partial charge in [0.2, 0.25) is 0 Å². The lowest BCUT2D eigenvalue weighted by atomic mass is 10.0. The molecule has 1 heterocycles. The van der Waals surface area contributed by atoms with E-state index in [1.165, 1.54) is 0 Å². The number of carbonyl (C=O) groups excluding carboxylic acids is 1. The first-order valence-corrected chi connectivity index (χ1v) is 8.32. The van der Waals surface area contributed by atoms with E-state index in [4.69, 9.17) is 4.74 Å². The molecule has 0 aliphatic carbocycles. The number of carbonyl (C=O) groups is 1. The summed E-state index contributed by atoms with van der Waals surface area (Å²) < 4.78 is 6.06. The van der Waals surface area contributed by atoms with Crippen LogP contribution < -0.4 is 10.1 Å². The molecule has 2 rings (SSSR count). The molecule has 1 aromatic carbocycles. The number of halogens is 1. The molecule has 1 atom stereocenters. The Bertz CT molecular complexity index is 487. The molecule has 1 aliphatic heterocycles. The first-order chi connectivity index (χ1) is 10.2. The van der Waals surface area contributed by atoms with Gasteiger partial charge in [-0.15, -0.1) is 0 Å². The Morgan fingerprint density at radius 3 is 2.95 bits per heavy atom. The Morgan fingerprint density at radius 2 is 2.33 bits per heavy atom. The Labute approximate surface area is 135 Å². The van der Waals surface area contributed by atoms with E-state index in [9.17, 15) is 4.79 Å². The van der Waals surface area contributed by atoms with E-state index in [0.29, 0.717) is 11.3 Å². The molecular formula is C16H23BrN2O2. The summed E-state index contributed by atoms with van der Waals surface area (Å²) in [6.07, 6.45) is 3.15. The second-order valence-electron chi connectivity index (χ2n) is 5.34. The highest BCUT2D eigenvalue weighted by molar-refractivity contribution is 9.10. The third-order valence-electron chi connectivity index (χ3n) is 3.84.